The number of carbonyl (C=O) groups is 2. The number of hydrogen-bond acceptors (Lipinski definition) is 2. The summed E-state index contributed by atoms with van der Waals surface area (Å²) >= 11 is 3.57. The van der Waals surface area contributed by atoms with Gasteiger partial charge in [0.05, 0.1) is 5.92 Å². The fourth-order valence-corrected chi connectivity index (χ4v) is 4.69. The van der Waals surface area contributed by atoms with E-state index in [1.165, 1.54) is 0 Å². The molecule has 3 atom stereocenters. The second-order valence-corrected chi connectivity index (χ2v) is 7.28. The fraction of sp³-hybridized carbons (Fsp3) is 0.529. The third-order valence-electron chi connectivity index (χ3n) is 5.19. The molecule has 2 aliphatic rings. The second-order valence-electron chi connectivity index (χ2n) is 6.42. The van der Waals surface area contributed by atoms with Gasteiger partial charge in [-0.2, -0.15) is 0 Å². The van der Waals surface area contributed by atoms with Gasteiger partial charge in [0, 0.05) is 10.9 Å². The largest absolute Gasteiger partial charge is 0.296 e. The first kappa shape index (κ1) is 14.8. The number of rotatable bonds is 2. The van der Waals surface area contributed by atoms with Crippen LogP contribution in [0.15, 0.2) is 28.7 Å². The highest BCUT2D eigenvalue weighted by Crippen LogP contribution is 2.56. The molecule has 4 heteroatoms. The average Bonchev–Trinajstić information content (AvgIpc) is 2.83. The highest BCUT2D eigenvalue weighted by Gasteiger charge is 2.52. The van der Waals surface area contributed by atoms with Gasteiger partial charge in [0.1, 0.15) is 0 Å². The van der Waals surface area contributed by atoms with E-state index in [2.05, 4.69) is 28.2 Å². The minimum atomic E-state index is -0.220. The zero-order valence-corrected chi connectivity index (χ0v) is 13.8. The van der Waals surface area contributed by atoms with Gasteiger partial charge in [-0.3, -0.25) is 14.9 Å². The highest BCUT2D eigenvalue weighted by molar-refractivity contribution is 9.10. The van der Waals surface area contributed by atoms with Crippen LogP contribution in [-0.4, -0.2) is 11.8 Å². The van der Waals surface area contributed by atoms with Gasteiger partial charge in [0.15, 0.2) is 0 Å². The Morgan fingerprint density at radius 3 is 2.76 bits per heavy atom. The summed E-state index contributed by atoms with van der Waals surface area (Å²) < 4.78 is 0.957. The molecule has 1 aliphatic carbocycles. The first-order valence-corrected chi connectivity index (χ1v) is 8.43. The van der Waals surface area contributed by atoms with Crippen LogP contribution in [0.1, 0.15) is 50.5 Å². The molecule has 112 valence electrons. The van der Waals surface area contributed by atoms with Crippen LogP contribution < -0.4 is 5.32 Å². The molecule has 3 unspecified atom stereocenters. The Balaban J connectivity index is 2.04. The van der Waals surface area contributed by atoms with Gasteiger partial charge < -0.3 is 0 Å². The van der Waals surface area contributed by atoms with Gasteiger partial charge >= 0.3 is 0 Å². The molecule has 2 amide bonds. The maximum atomic E-state index is 12.6. The Morgan fingerprint density at radius 2 is 2.10 bits per heavy atom. The monoisotopic (exact) mass is 349 g/mol. The standard InChI is InChI=1S/C17H20BrNO2/c1-2-11-7-8-17(9-11)10-14(20)19-16(21)15(17)12-5-3-4-6-13(12)18/h3-6,11,15H,2,7-10H2,1H3,(H,19,20,21). The van der Waals surface area contributed by atoms with Crippen molar-refractivity contribution in [2.75, 3.05) is 0 Å². The molecule has 0 radical (unpaired) electrons. The Kier molecular flexibility index (Phi) is 3.91. The van der Waals surface area contributed by atoms with Gasteiger partial charge in [-0.1, -0.05) is 47.5 Å². The first-order valence-electron chi connectivity index (χ1n) is 7.64. The van der Waals surface area contributed by atoms with E-state index >= 15 is 0 Å². The second kappa shape index (κ2) is 5.56. The molecule has 0 aromatic heterocycles. The molecular formula is C17H20BrNO2. The van der Waals surface area contributed by atoms with E-state index in [9.17, 15) is 9.59 Å². The van der Waals surface area contributed by atoms with Crippen LogP contribution >= 0.6 is 15.9 Å². The lowest BCUT2D eigenvalue weighted by molar-refractivity contribution is -0.140. The van der Waals surface area contributed by atoms with Crippen LogP contribution in [-0.2, 0) is 9.59 Å². The maximum Gasteiger partial charge on any atom is 0.234 e. The Hall–Kier alpha value is -1.16. The molecule has 1 spiro atoms. The molecule has 3 rings (SSSR count). The Labute approximate surface area is 133 Å². The van der Waals surface area contributed by atoms with Crippen LogP contribution in [0, 0.1) is 11.3 Å². The molecule has 1 aliphatic heterocycles. The summed E-state index contributed by atoms with van der Waals surface area (Å²) in [7, 11) is 0. The number of nitrogens with one attached hydrogen (secondary N) is 1. The van der Waals surface area contributed by atoms with E-state index in [1.54, 1.807) is 0 Å². The van der Waals surface area contributed by atoms with Crippen molar-refractivity contribution < 1.29 is 9.59 Å². The number of amides is 2. The third-order valence-corrected chi connectivity index (χ3v) is 5.91. The van der Waals surface area contributed by atoms with Crippen molar-refractivity contribution in [3.63, 3.8) is 0 Å². The van der Waals surface area contributed by atoms with E-state index < -0.39 is 0 Å². The number of piperidine rings is 1. The average molecular weight is 350 g/mol. The quantitative estimate of drug-likeness (QED) is 0.826. The van der Waals surface area contributed by atoms with Crippen molar-refractivity contribution in [2.24, 2.45) is 11.3 Å². The minimum absolute atomic E-state index is 0.111. The molecule has 1 aromatic rings. The normalized spacial score (nSPS) is 32.5. The van der Waals surface area contributed by atoms with Crippen molar-refractivity contribution in [3.8, 4) is 0 Å². The van der Waals surface area contributed by atoms with E-state index in [0.29, 0.717) is 12.3 Å². The zero-order chi connectivity index (χ0) is 15.0. The van der Waals surface area contributed by atoms with Gasteiger partial charge in [-0.05, 0) is 42.2 Å². The van der Waals surface area contributed by atoms with Crippen molar-refractivity contribution in [3.05, 3.63) is 34.3 Å². The summed E-state index contributed by atoms with van der Waals surface area (Å²) in [5.74, 6) is 0.172. The Bertz CT molecular complexity index is 586. The maximum absolute atomic E-state index is 12.6. The minimum Gasteiger partial charge on any atom is -0.296 e. The zero-order valence-electron chi connectivity index (χ0n) is 12.2. The number of benzene rings is 1. The fourth-order valence-electron chi connectivity index (χ4n) is 4.18. The van der Waals surface area contributed by atoms with Gasteiger partial charge in [-0.25, -0.2) is 0 Å². The van der Waals surface area contributed by atoms with Crippen molar-refractivity contribution >= 4 is 27.7 Å². The highest BCUT2D eigenvalue weighted by atomic mass is 79.9. The molecule has 3 nitrogen and oxygen atoms in total. The summed E-state index contributed by atoms with van der Waals surface area (Å²) in [6.07, 6.45) is 4.67. The van der Waals surface area contributed by atoms with Crippen molar-refractivity contribution in [1.82, 2.24) is 5.32 Å². The van der Waals surface area contributed by atoms with E-state index in [0.717, 1.165) is 35.7 Å². The van der Waals surface area contributed by atoms with Crippen LogP contribution in [0.5, 0.6) is 0 Å². The summed E-state index contributed by atoms with van der Waals surface area (Å²) in [4.78, 5) is 24.5. The molecule has 21 heavy (non-hydrogen) atoms. The summed E-state index contributed by atoms with van der Waals surface area (Å²) in [5, 5.41) is 2.54. The van der Waals surface area contributed by atoms with Crippen LogP contribution in [0.25, 0.3) is 0 Å². The first-order chi connectivity index (χ1) is 10.1. The Morgan fingerprint density at radius 1 is 1.33 bits per heavy atom. The molecule has 1 aromatic carbocycles. The number of carbonyl (C=O) groups excluding carboxylic acids is 2. The number of hydrogen-bond donors (Lipinski definition) is 1. The van der Waals surface area contributed by atoms with Gasteiger partial charge in [0.2, 0.25) is 11.8 Å². The topological polar surface area (TPSA) is 46.2 Å². The molecule has 0 bridgehead atoms. The predicted octanol–water partition coefficient (Wildman–Crippen LogP) is 3.78. The number of imide groups is 1. The molecule has 1 heterocycles. The van der Waals surface area contributed by atoms with Crippen molar-refractivity contribution in [1.29, 1.82) is 0 Å². The number of halogens is 1. The summed E-state index contributed by atoms with van der Waals surface area (Å²) in [5.41, 5.74) is 0.823. The lowest BCUT2D eigenvalue weighted by atomic mass is 9.65. The van der Waals surface area contributed by atoms with E-state index in [4.69, 9.17) is 0 Å². The van der Waals surface area contributed by atoms with Crippen LogP contribution in [0.2, 0.25) is 0 Å². The third kappa shape index (κ3) is 2.54. The lowest BCUT2D eigenvalue weighted by Crippen LogP contribution is -2.50. The SMILES string of the molecule is CCC1CCC2(CC(=O)NC(=O)C2c2ccccc2Br)C1. The summed E-state index contributed by atoms with van der Waals surface area (Å²) in [6.45, 7) is 2.20. The van der Waals surface area contributed by atoms with E-state index in [-0.39, 0.29) is 23.1 Å². The predicted molar refractivity (Wildman–Crippen MR) is 84.7 cm³/mol. The molecule has 1 saturated carbocycles. The van der Waals surface area contributed by atoms with Crippen LogP contribution in [0.3, 0.4) is 0 Å². The van der Waals surface area contributed by atoms with Crippen molar-refractivity contribution in [2.45, 2.75) is 44.9 Å². The molecule has 2 fully saturated rings. The van der Waals surface area contributed by atoms with Gasteiger partial charge in [-0.15, -0.1) is 0 Å². The summed E-state index contributed by atoms with van der Waals surface area (Å²) in [6, 6.07) is 7.89. The molecule has 1 N–H and O–H groups in total. The smallest absolute Gasteiger partial charge is 0.234 e. The lowest BCUT2D eigenvalue weighted by Gasteiger charge is -2.40. The van der Waals surface area contributed by atoms with E-state index in [1.807, 2.05) is 24.3 Å². The molecular weight excluding hydrogens is 330 g/mol. The molecule has 1 saturated heterocycles. The van der Waals surface area contributed by atoms with Gasteiger partial charge in [0.25, 0.3) is 0 Å². The van der Waals surface area contributed by atoms with Crippen LogP contribution in [0.4, 0.5) is 0 Å².